The van der Waals surface area contributed by atoms with Gasteiger partial charge in [0.25, 0.3) is 0 Å². The Morgan fingerprint density at radius 1 is 1.10 bits per heavy atom. The molecule has 0 amide bonds. The first-order chi connectivity index (χ1) is 9.30. The maximum Gasteiger partial charge on any atom is 0.482 e. The molecule has 0 aliphatic heterocycles. The molecule has 0 fully saturated rings. The van der Waals surface area contributed by atoms with Gasteiger partial charge in [0.1, 0.15) is 12.2 Å². The topological polar surface area (TPSA) is 228 Å². The van der Waals surface area contributed by atoms with E-state index in [1.807, 2.05) is 0 Å². The number of rotatable bonds is 9. The van der Waals surface area contributed by atoms with Crippen LogP contribution in [-0.4, -0.2) is 71.8 Å². The van der Waals surface area contributed by atoms with Crippen molar-refractivity contribution in [2.75, 3.05) is 6.61 Å². The number of aliphatic carboxylic acids is 1. The number of carbonyl (C=O) groups excluding carboxylic acids is 1. The summed E-state index contributed by atoms with van der Waals surface area (Å²) >= 11 is 0. The Labute approximate surface area is 116 Å². The average molecular weight is 354 g/mol. The lowest BCUT2D eigenvalue weighted by molar-refractivity contribution is -0.157. The quantitative estimate of drug-likeness (QED) is 0.161. The zero-order chi connectivity index (χ0) is 17.0. The number of Topliss-reactive ketones (excluding diaryl/α,β-unsaturated/α-hetero) is 1. The van der Waals surface area contributed by atoms with E-state index in [0.29, 0.717) is 0 Å². The van der Waals surface area contributed by atoms with Gasteiger partial charge in [-0.3, -0.25) is 9.32 Å². The largest absolute Gasteiger partial charge is 0.482 e. The second-order valence-corrected chi connectivity index (χ2v) is 6.24. The lowest BCUT2D eigenvalue weighted by Crippen LogP contribution is -2.46. The fourth-order valence-electron chi connectivity index (χ4n) is 0.950. The highest BCUT2D eigenvalue weighted by Crippen LogP contribution is 2.58. The van der Waals surface area contributed by atoms with Gasteiger partial charge in [-0.25, -0.2) is 13.9 Å². The zero-order valence-electron chi connectivity index (χ0n) is 9.91. The van der Waals surface area contributed by atoms with Gasteiger partial charge in [-0.05, 0) is 0 Å². The van der Waals surface area contributed by atoms with Gasteiger partial charge in [-0.15, -0.1) is 0 Å². The molecule has 21 heavy (non-hydrogen) atoms. The number of phosphoric ester groups is 1. The van der Waals surface area contributed by atoms with Crippen molar-refractivity contribution in [3.05, 3.63) is 0 Å². The van der Waals surface area contributed by atoms with Crippen molar-refractivity contribution in [3.63, 3.8) is 0 Å². The fraction of sp³-hybridized carbons (Fsp3) is 0.667. The minimum atomic E-state index is -5.68. The first kappa shape index (κ1) is 20.3. The molecule has 0 radical (unpaired) electrons. The van der Waals surface area contributed by atoms with Gasteiger partial charge in [0, 0.05) is 0 Å². The molecular formula is C6H12O13P2. The number of aliphatic hydroxyl groups is 3. The third kappa shape index (κ3) is 7.20. The van der Waals surface area contributed by atoms with E-state index in [-0.39, 0.29) is 0 Å². The molecule has 4 atom stereocenters. The van der Waals surface area contributed by atoms with Crippen LogP contribution < -0.4 is 0 Å². The molecule has 15 heteroatoms. The molecule has 0 aromatic rings. The van der Waals surface area contributed by atoms with Crippen molar-refractivity contribution in [1.82, 2.24) is 0 Å². The minimum Gasteiger partial charge on any atom is -0.479 e. The van der Waals surface area contributed by atoms with Gasteiger partial charge in [0.05, 0.1) is 6.61 Å². The van der Waals surface area contributed by atoms with Crippen LogP contribution in [-0.2, 0) is 27.6 Å². The van der Waals surface area contributed by atoms with Gasteiger partial charge < -0.3 is 35.1 Å². The maximum absolute atomic E-state index is 11.4. The number of hydrogen-bond donors (Lipinski definition) is 7. The second-order valence-electron chi connectivity index (χ2n) is 3.46. The normalized spacial score (nSPS) is 19.3. The molecule has 124 valence electrons. The monoisotopic (exact) mass is 354 g/mol. The summed E-state index contributed by atoms with van der Waals surface area (Å²) in [6, 6.07) is 0. The molecule has 0 saturated heterocycles. The molecule has 0 aromatic carbocycles. The van der Waals surface area contributed by atoms with Crippen molar-refractivity contribution in [3.8, 4) is 0 Å². The maximum atomic E-state index is 11.4. The molecule has 0 aromatic heterocycles. The Morgan fingerprint density at radius 3 is 1.90 bits per heavy atom. The predicted molar refractivity (Wildman–Crippen MR) is 59.6 cm³/mol. The van der Waals surface area contributed by atoms with E-state index in [0.717, 1.165) is 0 Å². The molecule has 4 unspecified atom stereocenters. The number of carbonyl (C=O) groups is 2. The summed E-state index contributed by atoms with van der Waals surface area (Å²) < 4.78 is 28.5. The number of phosphoric acid groups is 2. The van der Waals surface area contributed by atoms with Gasteiger partial charge in [-0.2, -0.15) is 4.31 Å². The molecule has 0 saturated carbocycles. The molecule has 7 N–H and O–H groups in total. The number of carboxylic acid groups (broad SMARTS) is 1. The van der Waals surface area contributed by atoms with Gasteiger partial charge >= 0.3 is 21.6 Å². The summed E-state index contributed by atoms with van der Waals surface area (Å²) in [5.74, 6) is -4.07. The van der Waals surface area contributed by atoms with Crippen LogP contribution in [0.15, 0.2) is 0 Å². The first-order valence-corrected chi connectivity index (χ1v) is 7.85. The Balaban J connectivity index is 5.18. The summed E-state index contributed by atoms with van der Waals surface area (Å²) in [5, 5.41) is 35.2. The molecule has 0 aliphatic rings. The van der Waals surface area contributed by atoms with E-state index in [4.69, 9.17) is 35.1 Å². The van der Waals surface area contributed by atoms with Crippen LogP contribution in [0.3, 0.4) is 0 Å². The van der Waals surface area contributed by atoms with E-state index >= 15 is 0 Å². The summed E-state index contributed by atoms with van der Waals surface area (Å²) in [4.78, 5) is 47.6. The van der Waals surface area contributed by atoms with Crippen LogP contribution in [0, 0.1) is 0 Å². The number of ketones is 1. The Kier molecular flexibility index (Phi) is 7.26. The lowest BCUT2D eigenvalue weighted by atomic mass is 10.1. The summed E-state index contributed by atoms with van der Waals surface area (Å²) in [5.41, 5.74) is 0. The van der Waals surface area contributed by atoms with Gasteiger partial charge in [-0.1, -0.05) is 0 Å². The predicted octanol–water partition coefficient (Wildman–Crippen LogP) is -3.05. The molecule has 13 nitrogen and oxygen atoms in total. The van der Waals surface area contributed by atoms with Crippen molar-refractivity contribution >= 4 is 27.4 Å². The van der Waals surface area contributed by atoms with Crippen LogP contribution in [0.4, 0.5) is 0 Å². The van der Waals surface area contributed by atoms with E-state index < -0.39 is 52.3 Å². The number of hydrogen-bond acceptors (Lipinski definition) is 9. The van der Waals surface area contributed by atoms with Crippen molar-refractivity contribution in [2.24, 2.45) is 0 Å². The minimum absolute atomic E-state index is 1.14. The lowest BCUT2D eigenvalue weighted by Gasteiger charge is -2.20. The Morgan fingerprint density at radius 2 is 1.57 bits per heavy atom. The molecule has 0 aliphatic carbocycles. The first-order valence-electron chi connectivity index (χ1n) is 4.82. The summed E-state index contributed by atoms with van der Waals surface area (Å²) in [6.45, 7) is -1.14. The van der Waals surface area contributed by atoms with Crippen LogP contribution in [0.2, 0.25) is 0 Å². The van der Waals surface area contributed by atoms with E-state index in [1.54, 1.807) is 0 Å². The zero-order valence-corrected chi connectivity index (χ0v) is 11.7. The van der Waals surface area contributed by atoms with E-state index in [2.05, 4.69) is 8.83 Å². The van der Waals surface area contributed by atoms with Crippen molar-refractivity contribution in [1.29, 1.82) is 0 Å². The smallest absolute Gasteiger partial charge is 0.479 e. The third-order valence-electron chi connectivity index (χ3n) is 1.77. The highest BCUT2D eigenvalue weighted by Gasteiger charge is 2.43. The SMILES string of the molecule is O=C(O)C(OP(=O)(O)OP(=O)(O)O)C(=O)C(O)C(O)CO. The standard InChI is InChI=1S/C6H12O13P2/c7-1-2(8)3(9)4(10)5(6(11)12)18-21(16,17)19-20(13,14)15/h2-3,5,7-9H,1H2,(H,11,12)(H,16,17)(H2,13,14,15). The number of aliphatic hydroxyl groups excluding tert-OH is 3. The van der Waals surface area contributed by atoms with Crippen LogP contribution in [0.5, 0.6) is 0 Å². The summed E-state index contributed by atoms with van der Waals surface area (Å²) in [6.07, 6.45) is -7.49. The van der Waals surface area contributed by atoms with Crippen molar-refractivity contribution in [2.45, 2.75) is 18.3 Å². The average Bonchev–Trinajstić information content (AvgIpc) is 2.29. The van der Waals surface area contributed by atoms with Crippen LogP contribution in [0.25, 0.3) is 0 Å². The second kappa shape index (κ2) is 7.51. The van der Waals surface area contributed by atoms with Crippen LogP contribution in [0.1, 0.15) is 0 Å². The van der Waals surface area contributed by atoms with Gasteiger partial charge in [0.2, 0.25) is 11.9 Å². The Bertz CT molecular complexity index is 481. The molecule has 0 heterocycles. The third-order valence-corrected chi connectivity index (χ3v) is 3.93. The van der Waals surface area contributed by atoms with Crippen molar-refractivity contribution < 1.29 is 62.7 Å². The highest BCUT2D eigenvalue weighted by atomic mass is 31.3. The fourth-order valence-corrected chi connectivity index (χ4v) is 2.64. The van der Waals surface area contributed by atoms with Gasteiger partial charge in [0.15, 0.2) is 0 Å². The molecule has 0 spiro atoms. The highest BCUT2D eigenvalue weighted by molar-refractivity contribution is 7.60. The van der Waals surface area contributed by atoms with Crippen LogP contribution >= 0.6 is 15.6 Å². The van der Waals surface area contributed by atoms with E-state index in [1.165, 1.54) is 0 Å². The number of carboxylic acids is 1. The van der Waals surface area contributed by atoms with E-state index in [9.17, 15) is 18.7 Å². The molecular weight excluding hydrogens is 342 g/mol. The Hall–Kier alpha value is -0.720. The molecule has 0 bridgehead atoms. The molecule has 0 rings (SSSR count). The summed E-state index contributed by atoms with van der Waals surface area (Å²) in [7, 11) is -11.2.